The van der Waals surface area contributed by atoms with Crippen LogP contribution in [0.3, 0.4) is 0 Å². The van der Waals surface area contributed by atoms with Crippen LogP contribution in [0.15, 0.2) is 0 Å². The van der Waals surface area contributed by atoms with E-state index >= 15 is 0 Å². The van der Waals surface area contributed by atoms with Gasteiger partial charge in [-0.1, -0.05) is 20.8 Å². The van der Waals surface area contributed by atoms with Crippen LogP contribution in [0.1, 0.15) is 60.3 Å². The summed E-state index contributed by atoms with van der Waals surface area (Å²) in [6, 6.07) is 0. The number of nitrogens with one attached hydrogen (secondary N) is 1. The Balaban J connectivity index is 3.90. The minimum Gasteiger partial charge on any atom is -0.375 e. The molecule has 0 amide bonds. The SMILES string of the molecule is CCC(C)(CCC(C)=N)OCCC(C)C. The molecule has 0 aromatic carbocycles. The lowest BCUT2D eigenvalue weighted by molar-refractivity contribution is -0.0429. The molecular weight excluding hydrogens is 186 g/mol. The van der Waals surface area contributed by atoms with Gasteiger partial charge in [-0.05, 0) is 45.4 Å². The minimum absolute atomic E-state index is 0.0306. The van der Waals surface area contributed by atoms with E-state index in [1.807, 2.05) is 6.92 Å². The van der Waals surface area contributed by atoms with Crippen LogP contribution < -0.4 is 0 Å². The van der Waals surface area contributed by atoms with Crippen molar-refractivity contribution >= 4 is 5.71 Å². The summed E-state index contributed by atoms with van der Waals surface area (Å²) < 4.78 is 5.94. The van der Waals surface area contributed by atoms with Gasteiger partial charge in [-0.25, -0.2) is 0 Å². The van der Waals surface area contributed by atoms with Crippen LogP contribution in [-0.4, -0.2) is 17.9 Å². The fraction of sp³-hybridized carbons (Fsp3) is 0.923. The molecular formula is C13H27NO. The van der Waals surface area contributed by atoms with Crippen molar-refractivity contribution in [3.8, 4) is 0 Å². The maximum Gasteiger partial charge on any atom is 0.0655 e. The highest BCUT2D eigenvalue weighted by Crippen LogP contribution is 2.22. The van der Waals surface area contributed by atoms with Gasteiger partial charge in [-0.3, -0.25) is 0 Å². The van der Waals surface area contributed by atoms with Crippen molar-refractivity contribution in [3.05, 3.63) is 0 Å². The summed E-state index contributed by atoms with van der Waals surface area (Å²) in [5, 5.41) is 7.44. The van der Waals surface area contributed by atoms with Crippen molar-refractivity contribution < 1.29 is 4.74 Å². The van der Waals surface area contributed by atoms with E-state index in [9.17, 15) is 0 Å². The van der Waals surface area contributed by atoms with Gasteiger partial charge in [0.25, 0.3) is 0 Å². The van der Waals surface area contributed by atoms with Gasteiger partial charge in [0, 0.05) is 12.3 Å². The van der Waals surface area contributed by atoms with Crippen molar-refractivity contribution in [3.63, 3.8) is 0 Å². The van der Waals surface area contributed by atoms with E-state index in [0.29, 0.717) is 5.92 Å². The Morgan fingerprint density at radius 3 is 2.40 bits per heavy atom. The molecule has 1 atom stereocenters. The molecule has 1 N–H and O–H groups in total. The van der Waals surface area contributed by atoms with E-state index in [-0.39, 0.29) is 5.60 Å². The molecule has 0 spiro atoms. The van der Waals surface area contributed by atoms with Crippen molar-refractivity contribution in [1.82, 2.24) is 0 Å². The van der Waals surface area contributed by atoms with Crippen molar-refractivity contribution in [2.75, 3.05) is 6.61 Å². The van der Waals surface area contributed by atoms with Crippen LogP contribution in [0.5, 0.6) is 0 Å². The third-order valence-corrected chi connectivity index (χ3v) is 2.92. The molecule has 0 aliphatic heterocycles. The van der Waals surface area contributed by atoms with E-state index in [0.717, 1.165) is 38.0 Å². The van der Waals surface area contributed by atoms with E-state index in [1.165, 1.54) is 0 Å². The monoisotopic (exact) mass is 213 g/mol. The van der Waals surface area contributed by atoms with Gasteiger partial charge in [0.2, 0.25) is 0 Å². The van der Waals surface area contributed by atoms with Gasteiger partial charge in [0.15, 0.2) is 0 Å². The molecule has 0 saturated carbocycles. The first-order valence-corrected chi connectivity index (χ1v) is 6.07. The Labute approximate surface area is 94.9 Å². The van der Waals surface area contributed by atoms with Crippen LogP contribution in [0.4, 0.5) is 0 Å². The molecule has 0 heterocycles. The molecule has 15 heavy (non-hydrogen) atoms. The fourth-order valence-corrected chi connectivity index (χ4v) is 1.34. The summed E-state index contributed by atoms with van der Waals surface area (Å²) in [6.45, 7) is 11.5. The van der Waals surface area contributed by atoms with Gasteiger partial charge in [-0.2, -0.15) is 0 Å². The lowest BCUT2D eigenvalue weighted by Crippen LogP contribution is -2.29. The molecule has 0 bridgehead atoms. The molecule has 0 aliphatic rings. The first-order chi connectivity index (χ1) is 6.89. The number of ether oxygens (including phenoxy) is 1. The maximum atomic E-state index is 7.44. The average molecular weight is 213 g/mol. The first-order valence-electron chi connectivity index (χ1n) is 6.07. The summed E-state index contributed by atoms with van der Waals surface area (Å²) in [5.74, 6) is 0.704. The molecule has 2 heteroatoms. The van der Waals surface area contributed by atoms with Crippen molar-refractivity contribution in [1.29, 1.82) is 5.41 Å². The Bertz CT molecular complexity index is 189. The molecule has 0 aromatic heterocycles. The largest absolute Gasteiger partial charge is 0.375 e. The second-order valence-corrected chi connectivity index (χ2v) is 5.11. The topological polar surface area (TPSA) is 33.1 Å². The van der Waals surface area contributed by atoms with Gasteiger partial charge in [0.1, 0.15) is 0 Å². The molecule has 0 aliphatic carbocycles. The highest BCUT2D eigenvalue weighted by molar-refractivity contribution is 5.78. The summed E-state index contributed by atoms with van der Waals surface area (Å²) >= 11 is 0. The second-order valence-electron chi connectivity index (χ2n) is 5.11. The van der Waals surface area contributed by atoms with E-state index < -0.39 is 0 Å². The minimum atomic E-state index is -0.0306. The molecule has 0 radical (unpaired) electrons. The van der Waals surface area contributed by atoms with Crippen LogP contribution in [-0.2, 0) is 4.74 Å². The molecule has 0 saturated heterocycles. The van der Waals surface area contributed by atoms with Gasteiger partial charge in [0.05, 0.1) is 5.60 Å². The van der Waals surface area contributed by atoms with Gasteiger partial charge >= 0.3 is 0 Å². The first kappa shape index (κ1) is 14.6. The molecule has 2 nitrogen and oxygen atoms in total. The van der Waals surface area contributed by atoms with Gasteiger partial charge < -0.3 is 10.1 Å². The highest BCUT2D eigenvalue weighted by Gasteiger charge is 2.22. The summed E-state index contributed by atoms with van der Waals surface area (Å²) in [5.41, 5.74) is 0.721. The number of rotatable bonds is 8. The zero-order valence-electron chi connectivity index (χ0n) is 11.0. The standard InChI is InChI=1S/C13H27NO/c1-6-13(5,9-7-12(4)14)15-10-8-11(2)3/h11,14H,6-10H2,1-5H3. The van der Waals surface area contributed by atoms with Crippen LogP contribution in [0.25, 0.3) is 0 Å². The fourth-order valence-electron chi connectivity index (χ4n) is 1.34. The normalized spacial score (nSPS) is 15.3. The molecule has 0 fully saturated rings. The van der Waals surface area contributed by atoms with E-state index in [2.05, 4.69) is 27.7 Å². The average Bonchev–Trinajstić information content (AvgIpc) is 2.14. The van der Waals surface area contributed by atoms with Crippen LogP contribution in [0, 0.1) is 11.3 Å². The van der Waals surface area contributed by atoms with Crippen molar-refractivity contribution in [2.24, 2.45) is 5.92 Å². The van der Waals surface area contributed by atoms with Gasteiger partial charge in [-0.15, -0.1) is 0 Å². The van der Waals surface area contributed by atoms with E-state index in [4.69, 9.17) is 10.1 Å². The highest BCUT2D eigenvalue weighted by atomic mass is 16.5. The predicted molar refractivity (Wildman–Crippen MR) is 66.7 cm³/mol. The Morgan fingerprint density at radius 2 is 2.00 bits per heavy atom. The Hall–Kier alpha value is -0.370. The lowest BCUT2D eigenvalue weighted by Gasteiger charge is -2.29. The summed E-state index contributed by atoms with van der Waals surface area (Å²) in [6.07, 6.45) is 3.97. The molecule has 1 unspecified atom stereocenters. The number of hydrogen-bond acceptors (Lipinski definition) is 2. The summed E-state index contributed by atoms with van der Waals surface area (Å²) in [7, 11) is 0. The zero-order chi connectivity index (χ0) is 11.9. The Morgan fingerprint density at radius 1 is 1.40 bits per heavy atom. The Kier molecular flexibility index (Phi) is 6.82. The van der Waals surface area contributed by atoms with Crippen LogP contribution >= 0.6 is 0 Å². The molecule has 90 valence electrons. The van der Waals surface area contributed by atoms with E-state index in [1.54, 1.807) is 0 Å². The summed E-state index contributed by atoms with van der Waals surface area (Å²) in [4.78, 5) is 0. The maximum absolute atomic E-state index is 7.44. The second kappa shape index (κ2) is 7.00. The molecule has 0 rings (SSSR count). The van der Waals surface area contributed by atoms with Crippen molar-refractivity contribution in [2.45, 2.75) is 65.9 Å². The zero-order valence-corrected chi connectivity index (χ0v) is 11.0. The smallest absolute Gasteiger partial charge is 0.0655 e. The predicted octanol–water partition coefficient (Wildman–Crippen LogP) is 4.04. The number of hydrogen-bond donors (Lipinski definition) is 1. The third-order valence-electron chi connectivity index (χ3n) is 2.92. The quantitative estimate of drug-likeness (QED) is 0.606. The lowest BCUT2D eigenvalue weighted by atomic mass is 9.95. The van der Waals surface area contributed by atoms with Crippen LogP contribution in [0.2, 0.25) is 0 Å². The molecule has 0 aromatic rings. The third kappa shape index (κ3) is 7.55.